The zero-order chi connectivity index (χ0) is 12.7. The van der Waals surface area contributed by atoms with Gasteiger partial charge in [-0.15, -0.1) is 0 Å². The van der Waals surface area contributed by atoms with Crippen molar-refractivity contribution in [3.63, 3.8) is 0 Å². The molecule has 0 fully saturated rings. The number of hydrogen-bond acceptors (Lipinski definition) is 1. The first kappa shape index (κ1) is 14.7. The van der Waals surface area contributed by atoms with Gasteiger partial charge in [0.25, 0.3) is 0 Å². The molecule has 2 unspecified atom stereocenters. The minimum Gasteiger partial charge on any atom is -0.372 e. The van der Waals surface area contributed by atoms with E-state index in [0.717, 1.165) is 11.9 Å². The maximum absolute atomic E-state index is 6.00. The fourth-order valence-corrected chi connectivity index (χ4v) is 2.52. The van der Waals surface area contributed by atoms with E-state index in [1.165, 1.54) is 24.0 Å². The van der Waals surface area contributed by atoms with Gasteiger partial charge in [-0.3, -0.25) is 0 Å². The van der Waals surface area contributed by atoms with E-state index >= 15 is 0 Å². The lowest BCUT2D eigenvalue weighted by molar-refractivity contribution is 0.0448. The largest absolute Gasteiger partial charge is 0.372 e. The van der Waals surface area contributed by atoms with Crippen LogP contribution in [0.2, 0.25) is 0 Å². The van der Waals surface area contributed by atoms with Gasteiger partial charge in [-0.25, -0.2) is 0 Å². The Morgan fingerprint density at radius 2 is 2.12 bits per heavy atom. The van der Waals surface area contributed by atoms with Gasteiger partial charge in [0.2, 0.25) is 0 Å². The third kappa shape index (κ3) is 5.22. The average molecular weight is 299 g/mol. The second-order valence-corrected chi connectivity index (χ2v) is 5.43. The van der Waals surface area contributed by atoms with Crippen LogP contribution >= 0.6 is 15.9 Å². The highest BCUT2D eigenvalue weighted by molar-refractivity contribution is 9.09. The molecular weight excluding hydrogens is 276 g/mol. The van der Waals surface area contributed by atoms with Gasteiger partial charge in [-0.2, -0.15) is 0 Å². The van der Waals surface area contributed by atoms with Gasteiger partial charge in [-0.05, 0) is 24.8 Å². The number of halogens is 1. The van der Waals surface area contributed by atoms with E-state index in [1.54, 1.807) is 0 Å². The smallest absolute Gasteiger partial charge is 0.0921 e. The molecule has 2 heteroatoms. The molecular formula is C15H23BrO. The molecule has 1 aromatic carbocycles. The molecule has 0 aromatic heterocycles. The lowest BCUT2D eigenvalue weighted by Crippen LogP contribution is -2.12. The lowest BCUT2D eigenvalue weighted by atomic mass is 10.1. The quantitative estimate of drug-likeness (QED) is 0.652. The van der Waals surface area contributed by atoms with Gasteiger partial charge >= 0.3 is 0 Å². The van der Waals surface area contributed by atoms with Crippen LogP contribution in [0.25, 0.3) is 0 Å². The Balaban J connectivity index is 2.54. The lowest BCUT2D eigenvalue weighted by Gasteiger charge is -2.19. The molecule has 2 atom stereocenters. The van der Waals surface area contributed by atoms with Crippen molar-refractivity contribution in [1.82, 2.24) is 0 Å². The normalized spacial score (nSPS) is 14.6. The van der Waals surface area contributed by atoms with Gasteiger partial charge in [-0.1, -0.05) is 66.0 Å². The van der Waals surface area contributed by atoms with Crippen LogP contribution in [0.15, 0.2) is 24.3 Å². The summed E-state index contributed by atoms with van der Waals surface area (Å²) in [6.45, 7) is 7.44. The molecule has 1 rings (SSSR count). The molecule has 0 bridgehead atoms. The summed E-state index contributed by atoms with van der Waals surface area (Å²) in [5.41, 5.74) is 2.56. The number of aryl methyl sites for hydroxylation is 1. The third-order valence-corrected chi connectivity index (χ3v) is 3.51. The topological polar surface area (TPSA) is 9.23 Å². The Morgan fingerprint density at radius 1 is 1.35 bits per heavy atom. The van der Waals surface area contributed by atoms with Crippen molar-refractivity contribution < 1.29 is 4.74 Å². The molecule has 96 valence electrons. The Bertz CT molecular complexity index is 324. The molecule has 0 N–H and O–H groups in total. The summed E-state index contributed by atoms with van der Waals surface area (Å²) in [7, 11) is 0. The fourth-order valence-electron chi connectivity index (χ4n) is 1.96. The molecule has 17 heavy (non-hydrogen) atoms. The van der Waals surface area contributed by atoms with E-state index in [2.05, 4.69) is 61.0 Å². The van der Waals surface area contributed by atoms with Crippen molar-refractivity contribution in [3.8, 4) is 0 Å². The molecule has 0 heterocycles. The van der Waals surface area contributed by atoms with Crippen molar-refractivity contribution in [1.29, 1.82) is 0 Å². The minimum atomic E-state index is 0.175. The molecule has 0 amide bonds. The summed E-state index contributed by atoms with van der Waals surface area (Å²) in [4.78, 5) is 0. The summed E-state index contributed by atoms with van der Waals surface area (Å²) in [6.07, 6.45) is 2.64. The Labute approximate surface area is 114 Å². The van der Waals surface area contributed by atoms with Crippen molar-refractivity contribution in [2.75, 3.05) is 11.9 Å². The van der Waals surface area contributed by atoms with Crippen LogP contribution in [0.3, 0.4) is 0 Å². The molecule has 0 aliphatic heterocycles. The van der Waals surface area contributed by atoms with Gasteiger partial charge in [0.05, 0.1) is 6.10 Å². The second kappa shape index (κ2) is 7.88. The zero-order valence-corrected chi connectivity index (χ0v) is 12.7. The Kier molecular flexibility index (Phi) is 6.83. The Hall–Kier alpha value is -0.340. The average Bonchev–Trinajstić information content (AvgIpc) is 2.30. The van der Waals surface area contributed by atoms with Crippen molar-refractivity contribution in [2.24, 2.45) is 5.92 Å². The molecule has 1 nitrogen and oxygen atoms in total. The summed E-state index contributed by atoms with van der Waals surface area (Å²) >= 11 is 3.54. The number of rotatable bonds is 7. The fraction of sp³-hybridized carbons (Fsp3) is 0.600. The molecule has 0 aliphatic carbocycles. The summed E-state index contributed by atoms with van der Waals surface area (Å²) in [6, 6.07) is 8.56. The predicted octanol–water partition coefficient (Wildman–Crippen LogP) is 4.88. The molecule has 1 aromatic rings. The number of hydrogen-bond donors (Lipinski definition) is 0. The summed E-state index contributed by atoms with van der Waals surface area (Å²) in [5, 5.41) is 0.856. The minimum absolute atomic E-state index is 0.175. The van der Waals surface area contributed by atoms with Gasteiger partial charge in [0, 0.05) is 11.9 Å². The van der Waals surface area contributed by atoms with Gasteiger partial charge < -0.3 is 4.74 Å². The van der Waals surface area contributed by atoms with Gasteiger partial charge in [0.1, 0.15) is 0 Å². The van der Waals surface area contributed by atoms with E-state index < -0.39 is 0 Å². The highest BCUT2D eigenvalue weighted by atomic mass is 79.9. The first-order chi connectivity index (χ1) is 8.17. The molecule has 0 spiro atoms. The van der Waals surface area contributed by atoms with Crippen LogP contribution < -0.4 is 0 Å². The van der Waals surface area contributed by atoms with E-state index in [9.17, 15) is 0 Å². The third-order valence-electron chi connectivity index (χ3n) is 2.92. The van der Waals surface area contributed by atoms with Gasteiger partial charge in [0.15, 0.2) is 0 Å². The SMILES string of the molecule is CCCC(C)COC(CBr)c1cccc(C)c1. The summed E-state index contributed by atoms with van der Waals surface area (Å²) < 4.78 is 6.00. The van der Waals surface area contributed by atoms with E-state index in [4.69, 9.17) is 4.74 Å². The second-order valence-electron chi connectivity index (χ2n) is 4.78. The van der Waals surface area contributed by atoms with Crippen LogP contribution in [0.1, 0.15) is 43.9 Å². The standard InChI is InChI=1S/C15H23BrO/c1-4-6-13(3)11-17-15(10-16)14-8-5-7-12(2)9-14/h5,7-9,13,15H,4,6,10-11H2,1-3H3. The summed E-state index contributed by atoms with van der Waals surface area (Å²) in [5.74, 6) is 0.645. The molecule has 0 aliphatic rings. The maximum Gasteiger partial charge on any atom is 0.0921 e. The molecule has 0 radical (unpaired) electrons. The van der Waals surface area contributed by atoms with Crippen LogP contribution in [0, 0.1) is 12.8 Å². The predicted molar refractivity (Wildman–Crippen MR) is 77.7 cm³/mol. The van der Waals surface area contributed by atoms with Crippen LogP contribution in [-0.4, -0.2) is 11.9 Å². The molecule has 0 saturated heterocycles. The van der Waals surface area contributed by atoms with E-state index in [-0.39, 0.29) is 6.10 Å². The first-order valence-corrected chi connectivity index (χ1v) is 7.53. The highest BCUT2D eigenvalue weighted by Crippen LogP contribution is 2.22. The van der Waals surface area contributed by atoms with Crippen molar-refractivity contribution in [2.45, 2.75) is 39.7 Å². The monoisotopic (exact) mass is 298 g/mol. The Morgan fingerprint density at radius 3 is 2.71 bits per heavy atom. The van der Waals surface area contributed by atoms with Crippen LogP contribution in [-0.2, 0) is 4.74 Å². The van der Waals surface area contributed by atoms with E-state index in [0.29, 0.717) is 5.92 Å². The van der Waals surface area contributed by atoms with Crippen molar-refractivity contribution >= 4 is 15.9 Å². The first-order valence-electron chi connectivity index (χ1n) is 6.41. The molecule has 0 saturated carbocycles. The number of alkyl halides is 1. The zero-order valence-electron chi connectivity index (χ0n) is 11.1. The van der Waals surface area contributed by atoms with Crippen LogP contribution in [0.5, 0.6) is 0 Å². The maximum atomic E-state index is 6.00. The van der Waals surface area contributed by atoms with Crippen molar-refractivity contribution in [3.05, 3.63) is 35.4 Å². The number of ether oxygens (including phenoxy) is 1. The van der Waals surface area contributed by atoms with Crippen LogP contribution in [0.4, 0.5) is 0 Å². The van der Waals surface area contributed by atoms with E-state index in [1.807, 2.05) is 0 Å². The highest BCUT2D eigenvalue weighted by Gasteiger charge is 2.12. The number of benzene rings is 1.